The fraction of sp³-hybridized carbons (Fsp3) is 0.316. The van der Waals surface area contributed by atoms with Crippen LogP contribution in [0.15, 0.2) is 34.4 Å². The van der Waals surface area contributed by atoms with E-state index in [-0.39, 0.29) is 5.56 Å². The van der Waals surface area contributed by atoms with Crippen LogP contribution in [0.1, 0.15) is 31.2 Å². The zero-order valence-electron chi connectivity index (χ0n) is 13.9. The van der Waals surface area contributed by atoms with Gasteiger partial charge in [0.2, 0.25) is 0 Å². The van der Waals surface area contributed by atoms with E-state index in [1.807, 2.05) is 12.3 Å². The van der Waals surface area contributed by atoms with E-state index in [1.165, 1.54) is 16.9 Å². The van der Waals surface area contributed by atoms with Gasteiger partial charge in [0.1, 0.15) is 10.7 Å². The Labute approximate surface area is 145 Å². The summed E-state index contributed by atoms with van der Waals surface area (Å²) >= 11 is 1.51. The minimum absolute atomic E-state index is 0.00809. The first-order chi connectivity index (χ1) is 11.7. The second kappa shape index (κ2) is 6.98. The monoisotopic (exact) mass is 337 g/mol. The molecule has 0 unspecified atom stereocenters. The van der Waals surface area contributed by atoms with Gasteiger partial charge in [-0.25, -0.2) is 4.98 Å². The van der Waals surface area contributed by atoms with Crippen molar-refractivity contribution >= 4 is 21.6 Å². The van der Waals surface area contributed by atoms with Crippen molar-refractivity contribution in [1.29, 1.82) is 5.26 Å². The molecule has 0 N–H and O–H groups in total. The Hall–Kier alpha value is -2.45. The molecule has 0 amide bonds. The molecule has 2 heterocycles. The maximum absolute atomic E-state index is 13.0. The third-order valence-electron chi connectivity index (χ3n) is 4.23. The van der Waals surface area contributed by atoms with E-state index in [2.05, 4.69) is 42.2 Å². The Balaban J connectivity index is 2.11. The molecule has 0 atom stereocenters. The predicted octanol–water partition coefficient (Wildman–Crippen LogP) is 4.30. The number of aryl methyl sites for hydroxylation is 2. The van der Waals surface area contributed by atoms with Crippen molar-refractivity contribution in [1.82, 2.24) is 9.55 Å². The molecule has 0 bridgehead atoms. The fourth-order valence-electron chi connectivity index (χ4n) is 2.84. The second-order valence-corrected chi connectivity index (χ2v) is 6.62. The van der Waals surface area contributed by atoms with Crippen LogP contribution >= 0.6 is 11.3 Å². The van der Waals surface area contributed by atoms with Crippen molar-refractivity contribution in [3.8, 4) is 17.2 Å². The smallest absolute Gasteiger partial charge is 0.262 e. The van der Waals surface area contributed by atoms with Gasteiger partial charge < -0.3 is 0 Å². The molecule has 1 aromatic carbocycles. The van der Waals surface area contributed by atoms with Crippen molar-refractivity contribution < 1.29 is 0 Å². The lowest BCUT2D eigenvalue weighted by molar-refractivity contribution is 0.607. The van der Waals surface area contributed by atoms with E-state index in [1.54, 1.807) is 4.57 Å². The molecule has 122 valence electrons. The van der Waals surface area contributed by atoms with Crippen molar-refractivity contribution in [2.45, 2.75) is 39.7 Å². The topological polar surface area (TPSA) is 58.7 Å². The number of fused-ring (bicyclic) bond motifs is 1. The van der Waals surface area contributed by atoms with Crippen LogP contribution in [0.3, 0.4) is 0 Å². The van der Waals surface area contributed by atoms with E-state index in [0.29, 0.717) is 30.6 Å². The lowest BCUT2D eigenvalue weighted by Gasteiger charge is -2.09. The predicted molar refractivity (Wildman–Crippen MR) is 98.3 cm³/mol. The van der Waals surface area contributed by atoms with Crippen LogP contribution in [-0.4, -0.2) is 9.55 Å². The van der Waals surface area contributed by atoms with Crippen LogP contribution < -0.4 is 5.56 Å². The minimum atomic E-state index is -0.00809. The molecule has 0 spiro atoms. The molecule has 24 heavy (non-hydrogen) atoms. The Morgan fingerprint density at radius 3 is 2.71 bits per heavy atom. The van der Waals surface area contributed by atoms with Gasteiger partial charge in [0, 0.05) is 23.9 Å². The highest BCUT2D eigenvalue weighted by molar-refractivity contribution is 7.17. The first-order valence-electron chi connectivity index (χ1n) is 8.10. The summed E-state index contributed by atoms with van der Waals surface area (Å²) in [7, 11) is 0. The highest BCUT2D eigenvalue weighted by Crippen LogP contribution is 2.31. The fourth-order valence-corrected chi connectivity index (χ4v) is 3.82. The summed E-state index contributed by atoms with van der Waals surface area (Å²) < 4.78 is 1.69. The summed E-state index contributed by atoms with van der Waals surface area (Å²) in [5.74, 6) is 0.708. The minimum Gasteiger partial charge on any atom is -0.296 e. The molecule has 0 saturated heterocycles. The molecule has 5 heteroatoms. The molecule has 0 radical (unpaired) electrons. The zero-order valence-corrected chi connectivity index (χ0v) is 14.7. The third-order valence-corrected chi connectivity index (χ3v) is 5.10. The lowest BCUT2D eigenvalue weighted by atomic mass is 10.0. The van der Waals surface area contributed by atoms with Gasteiger partial charge in [0.15, 0.2) is 0 Å². The van der Waals surface area contributed by atoms with Gasteiger partial charge in [-0.2, -0.15) is 5.26 Å². The summed E-state index contributed by atoms with van der Waals surface area (Å²) in [6.07, 6.45) is 2.10. The molecule has 0 fully saturated rings. The Kier molecular flexibility index (Phi) is 4.77. The number of benzene rings is 1. The summed E-state index contributed by atoms with van der Waals surface area (Å²) in [5, 5.41) is 11.4. The molecule has 3 rings (SSSR count). The van der Waals surface area contributed by atoms with E-state index in [9.17, 15) is 4.79 Å². The Morgan fingerprint density at radius 1 is 1.29 bits per heavy atom. The number of unbranched alkanes of at least 4 members (excludes halogenated alkanes) is 1. The Bertz CT molecular complexity index is 961. The molecule has 2 aromatic heterocycles. The molecule has 0 saturated carbocycles. The van der Waals surface area contributed by atoms with Gasteiger partial charge in [-0.05, 0) is 30.9 Å². The van der Waals surface area contributed by atoms with Crippen molar-refractivity contribution in [3.05, 3.63) is 51.4 Å². The zero-order chi connectivity index (χ0) is 17.1. The van der Waals surface area contributed by atoms with Crippen LogP contribution in [0.5, 0.6) is 0 Å². The quantitative estimate of drug-likeness (QED) is 0.652. The maximum Gasteiger partial charge on any atom is 0.262 e. The number of thiophene rings is 1. The number of hydrogen-bond donors (Lipinski definition) is 0. The van der Waals surface area contributed by atoms with E-state index >= 15 is 0 Å². The van der Waals surface area contributed by atoms with Crippen LogP contribution in [-0.2, 0) is 13.0 Å². The molecular formula is C19H19N3OS. The highest BCUT2D eigenvalue weighted by Gasteiger charge is 2.15. The van der Waals surface area contributed by atoms with Crippen LogP contribution in [0.4, 0.5) is 0 Å². The molecular weight excluding hydrogens is 318 g/mol. The lowest BCUT2D eigenvalue weighted by Crippen LogP contribution is -2.23. The number of rotatable bonds is 5. The first kappa shape index (κ1) is 16.4. The normalized spacial score (nSPS) is 10.9. The molecule has 0 aliphatic rings. The first-order valence-corrected chi connectivity index (χ1v) is 8.98. The van der Waals surface area contributed by atoms with Crippen molar-refractivity contribution in [2.75, 3.05) is 0 Å². The molecule has 0 aliphatic carbocycles. The van der Waals surface area contributed by atoms with E-state index in [0.717, 1.165) is 22.4 Å². The van der Waals surface area contributed by atoms with Gasteiger partial charge in [0.25, 0.3) is 5.56 Å². The summed E-state index contributed by atoms with van der Waals surface area (Å²) in [5.41, 5.74) is 3.27. The average Bonchev–Trinajstić information content (AvgIpc) is 3.02. The second-order valence-electron chi connectivity index (χ2n) is 5.76. The number of nitrogens with zero attached hydrogens (tertiary/aromatic N) is 3. The van der Waals surface area contributed by atoms with Crippen LogP contribution in [0.25, 0.3) is 21.3 Å². The number of nitriles is 1. The SMILES string of the molecule is CCc1ccc(-c2csc3nc(C)n(CCCC#N)c(=O)c23)cc1. The van der Waals surface area contributed by atoms with Crippen LogP contribution in [0, 0.1) is 18.3 Å². The van der Waals surface area contributed by atoms with Gasteiger partial charge in [-0.3, -0.25) is 9.36 Å². The molecule has 4 nitrogen and oxygen atoms in total. The molecule has 0 aliphatic heterocycles. The third kappa shape index (κ3) is 2.98. The van der Waals surface area contributed by atoms with E-state index < -0.39 is 0 Å². The van der Waals surface area contributed by atoms with Gasteiger partial charge >= 0.3 is 0 Å². The summed E-state index contributed by atoms with van der Waals surface area (Å²) in [6.45, 7) is 4.51. The van der Waals surface area contributed by atoms with Gasteiger partial charge in [0.05, 0.1) is 11.5 Å². The van der Waals surface area contributed by atoms with E-state index in [4.69, 9.17) is 5.26 Å². The van der Waals surface area contributed by atoms with Crippen molar-refractivity contribution in [3.63, 3.8) is 0 Å². The largest absolute Gasteiger partial charge is 0.296 e. The van der Waals surface area contributed by atoms with Crippen LogP contribution in [0.2, 0.25) is 0 Å². The van der Waals surface area contributed by atoms with Gasteiger partial charge in [-0.1, -0.05) is 31.2 Å². The van der Waals surface area contributed by atoms with Crippen molar-refractivity contribution in [2.24, 2.45) is 0 Å². The number of hydrogen-bond acceptors (Lipinski definition) is 4. The average molecular weight is 337 g/mol. The highest BCUT2D eigenvalue weighted by atomic mass is 32.1. The van der Waals surface area contributed by atoms with Gasteiger partial charge in [-0.15, -0.1) is 11.3 Å². The maximum atomic E-state index is 13.0. The summed E-state index contributed by atoms with van der Waals surface area (Å²) in [6, 6.07) is 10.5. The number of aromatic nitrogens is 2. The standard InChI is InChI=1S/C19H19N3OS/c1-3-14-6-8-15(9-7-14)16-12-24-18-17(16)19(23)22(13(2)21-18)11-5-4-10-20/h6-9,12H,3-5,11H2,1-2H3. The summed E-state index contributed by atoms with van der Waals surface area (Å²) in [4.78, 5) is 18.3. The molecule has 3 aromatic rings. The Morgan fingerprint density at radius 2 is 2.04 bits per heavy atom.